The van der Waals surface area contributed by atoms with Crippen LogP contribution >= 0.6 is 0 Å². The van der Waals surface area contributed by atoms with Crippen molar-refractivity contribution in [2.24, 2.45) is 5.92 Å². The first-order valence-corrected chi connectivity index (χ1v) is 5.69. The highest BCUT2D eigenvalue weighted by atomic mass is 16.4. The first-order valence-electron chi connectivity index (χ1n) is 5.69. The molecule has 0 aliphatic rings. The van der Waals surface area contributed by atoms with Crippen LogP contribution in [0.1, 0.15) is 34.7 Å². The summed E-state index contributed by atoms with van der Waals surface area (Å²) in [5.74, 6) is -1.40. The van der Waals surface area contributed by atoms with E-state index in [1.807, 2.05) is 0 Å². The van der Waals surface area contributed by atoms with E-state index in [0.717, 1.165) is 0 Å². The van der Waals surface area contributed by atoms with Gasteiger partial charge >= 0.3 is 5.97 Å². The van der Waals surface area contributed by atoms with E-state index in [0.29, 0.717) is 5.76 Å². The van der Waals surface area contributed by atoms with E-state index >= 15 is 0 Å². The van der Waals surface area contributed by atoms with Crippen molar-refractivity contribution in [1.82, 2.24) is 9.97 Å². The number of nitrogens with zero attached hydrogens (tertiary/aromatic N) is 2. The number of carbonyl (C=O) groups is 2. The van der Waals surface area contributed by atoms with Crippen molar-refractivity contribution in [2.75, 3.05) is 0 Å². The molecule has 2 heterocycles. The number of carbonyl (C=O) groups excluding carboxylic acids is 1. The molecule has 0 amide bonds. The summed E-state index contributed by atoms with van der Waals surface area (Å²) in [7, 11) is 0. The van der Waals surface area contributed by atoms with Crippen LogP contribution in [0.3, 0.4) is 0 Å². The predicted molar refractivity (Wildman–Crippen MR) is 65.9 cm³/mol. The lowest BCUT2D eigenvalue weighted by Gasteiger charge is -2.07. The Kier molecular flexibility index (Phi) is 3.41. The molecule has 98 valence electrons. The van der Waals surface area contributed by atoms with Crippen molar-refractivity contribution < 1.29 is 19.1 Å². The van der Waals surface area contributed by atoms with Crippen LogP contribution in [0.25, 0.3) is 11.6 Å². The largest absolute Gasteiger partial charge is 0.476 e. The van der Waals surface area contributed by atoms with Crippen molar-refractivity contribution in [3.05, 3.63) is 35.9 Å². The molecule has 0 aromatic carbocycles. The lowest BCUT2D eigenvalue weighted by molar-refractivity contribution is 0.0684. The lowest BCUT2D eigenvalue weighted by Crippen LogP contribution is -2.16. The average molecular weight is 260 g/mol. The van der Waals surface area contributed by atoms with Crippen molar-refractivity contribution in [2.45, 2.75) is 13.8 Å². The van der Waals surface area contributed by atoms with Gasteiger partial charge in [-0.3, -0.25) is 4.79 Å². The van der Waals surface area contributed by atoms with Gasteiger partial charge < -0.3 is 9.52 Å². The highest BCUT2D eigenvalue weighted by Crippen LogP contribution is 2.18. The summed E-state index contributed by atoms with van der Waals surface area (Å²) in [6.07, 6.45) is 2.67. The maximum Gasteiger partial charge on any atom is 0.355 e. The molecule has 0 aliphatic heterocycles. The van der Waals surface area contributed by atoms with Gasteiger partial charge in [-0.05, 0) is 12.1 Å². The Labute approximate surface area is 109 Å². The van der Waals surface area contributed by atoms with Gasteiger partial charge in [0.1, 0.15) is 0 Å². The summed E-state index contributed by atoms with van der Waals surface area (Å²) >= 11 is 0. The Balaban J connectivity index is 2.53. The zero-order valence-electron chi connectivity index (χ0n) is 10.5. The van der Waals surface area contributed by atoms with Crippen LogP contribution in [0.5, 0.6) is 0 Å². The van der Waals surface area contributed by atoms with Crippen LogP contribution in [-0.2, 0) is 0 Å². The minimum atomic E-state index is -1.26. The summed E-state index contributed by atoms with van der Waals surface area (Å²) in [5, 5.41) is 9.15. The second-order valence-electron chi connectivity index (χ2n) is 4.26. The SMILES string of the molecule is CC(C)C(=O)c1cnc(-c2ccco2)nc1C(=O)O. The van der Waals surface area contributed by atoms with Crippen molar-refractivity contribution >= 4 is 11.8 Å². The number of aromatic carboxylic acids is 1. The number of ketones is 1. The van der Waals surface area contributed by atoms with Crippen LogP contribution < -0.4 is 0 Å². The van der Waals surface area contributed by atoms with Crippen LogP contribution in [0, 0.1) is 5.92 Å². The smallest absolute Gasteiger partial charge is 0.355 e. The Morgan fingerprint density at radius 1 is 1.37 bits per heavy atom. The monoisotopic (exact) mass is 260 g/mol. The molecule has 6 heteroatoms. The minimum absolute atomic E-state index is 0.0119. The van der Waals surface area contributed by atoms with Gasteiger partial charge in [0.2, 0.25) is 0 Å². The molecular weight excluding hydrogens is 248 g/mol. The zero-order valence-corrected chi connectivity index (χ0v) is 10.5. The molecule has 6 nitrogen and oxygen atoms in total. The van der Waals surface area contributed by atoms with E-state index in [1.54, 1.807) is 26.0 Å². The number of carboxylic acids is 1. The second-order valence-corrected chi connectivity index (χ2v) is 4.26. The maximum absolute atomic E-state index is 11.9. The molecule has 0 unspecified atom stereocenters. The molecule has 2 rings (SSSR count). The van der Waals surface area contributed by atoms with Gasteiger partial charge in [0.15, 0.2) is 23.1 Å². The highest BCUT2D eigenvalue weighted by Gasteiger charge is 2.22. The van der Waals surface area contributed by atoms with Gasteiger partial charge in [-0.2, -0.15) is 0 Å². The molecule has 0 bridgehead atoms. The van der Waals surface area contributed by atoms with Crippen molar-refractivity contribution in [3.63, 3.8) is 0 Å². The van der Waals surface area contributed by atoms with Gasteiger partial charge in [-0.25, -0.2) is 14.8 Å². The van der Waals surface area contributed by atoms with Gasteiger partial charge in [0, 0.05) is 12.1 Å². The zero-order chi connectivity index (χ0) is 14.0. The molecule has 0 spiro atoms. The van der Waals surface area contributed by atoms with Crippen molar-refractivity contribution in [3.8, 4) is 11.6 Å². The summed E-state index contributed by atoms with van der Waals surface area (Å²) < 4.78 is 5.10. The third-order valence-corrected chi connectivity index (χ3v) is 2.52. The first kappa shape index (κ1) is 12.9. The Morgan fingerprint density at radius 2 is 2.11 bits per heavy atom. The van der Waals surface area contributed by atoms with Crippen LogP contribution in [-0.4, -0.2) is 26.8 Å². The molecule has 0 saturated carbocycles. The molecule has 0 saturated heterocycles. The van der Waals surface area contributed by atoms with E-state index in [4.69, 9.17) is 9.52 Å². The van der Waals surface area contributed by atoms with E-state index in [1.165, 1.54) is 12.5 Å². The molecule has 0 aliphatic carbocycles. The van der Waals surface area contributed by atoms with Gasteiger partial charge in [0.05, 0.1) is 11.8 Å². The third-order valence-electron chi connectivity index (χ3n) is 2.52. The normalized spacial score (nSPS) is 10.7. The molecule has 0 radical (unpaired) electrons. The van der Waals surface area contributed by atoms with Crippen molar-refractivity contribution in [1.29, 1.82) is 0 Å². The Hall–Kier alpha value is -2.50. The van der Waals surface area contributed by atoms with Gasteiger partial charge in [-0.15, -0.1) is 0 Å². The van der Waals surface area contributed by atoms with E-state index in [9.17, 15) is 9.59 Å². The topological polar surface area (TPSA) is 93.3 Å². The third kappa shape index (κ3) is 2.52. The average Bonchev–Trinajstić information content (AvgIpc) is 2.90. The van der Waals surface area contributed by atoms with E-state index in [2.05, 4.69) is 9.97 Å². The fourth-order valence-corrected chi connectivity index (χ4v) is 1.56. The number of Topliss-reactive ketones (excluding diaryl/α,β-unsaturated/α-hetero) is 1. The quantitative estimate of drug-likeness (QED) is 0.847. The summed E-state index contributed by atoms with van der Waals surface area (Å²) in [5.41, 5.74) is -0.294. The number of furan rings is 1. The number of hydrogen-bond acceptors (Lipinski definition) is 5. The first-order chi connectivity index (χ1) is 9.00. The predicted octanol–water partition coefficient (Wildman–Crippen LogP) is 2.27. The van der Waals surface area contributed by atoms with Crippen LogP contribution in [0.2, 0.25) is 0 Å². The fourth-order valence-electron chi connectivity index (χ4n) is 1.56. The van der Waals surface area contributed by atoms with Crippen LogP contribution in [0.15, 0.2) is 29.0 Å². The van der Waals surface area contributed by atoms with Crippen LogP contribution in [0.4, 0.5) is 0 Å². The molecular formula is C13H12N2O4. The van der Waals surface area contributed by atoms with E-state index < -0.39 is 5.97 Å². The fraction of sp³-hybridized carbons (Fsp3) is 0.231. The standard InChI is InChI=1S/C13H12N2O4/c1-7(2)11(16)8-6-14-12(9-4-3-5-19-9)15-10(8)13(17)18/h3-7H,1-2H3,(H,17,18). The molecule has 2 aromatic heterocycles. The number of aromatic nitrogens is 2. The maximum atomic E-state index is 11.9. The number of hydrogen-bond donors (Lipinski definition) is 1. The summed E-state index contributed by atoms with van der Waals surface area (Å²) in [6.45, 7) is 3.38. The Morgan fingerprint density at radius 3 is 2.63 bits per heavy atom. The van der Waals surface area contributed by atoms with E-state index in [-0.39, 0.29) is 28.8 Å². The number of rotatable bonds is 4. The highest BCUT2D eigenvalue weighted by molar-refractivity contribution is 6.05. The molecule has 0 atom stereocenters. The van der Waals surface area contributed by atoms with Gasteiger partial charge in [-0.1, -0.05) is 13.8 Å². The molecule has 0 fully saturated rings. The molecule has 19 heavy (non-hydrogen) atoms. The minimum Gasteiger partial charge on any atom is -0.476 e. The second kappa shape index (κ2) is 5.01. The Bertz CT molecular complexity index is 618. The molecule has 1 N–H and O–H groups in total. The number of carboxylic acid groups (broad SMARTS) is 1. The molecule has 2 aromatic rings. The summed E-state index contributed by atoms with van der Waals surface area (Å²) in [6, 6.07) is 3.26. The lowest BCUT2D eigenvalue weighted by atomic mass is 10.0. The summed E-state index contributed by atoms with van der Waals surface area (Å²) in [4.78, 5) is 31.0. The van der Waals surface area contributed by atoms with Gasteiger partial charge in [0.25, 0.3) is 0 Å².